The van der Waals surface area contributed by atoms with E-state index in [1.807, 2.05) is 13.8 Å². The normalized spacial score (nSPS) is 14.4. The molecule has 0 aromatic heterocycles. The van der Waals surface area contributed by atoms with Crippen molar-refractivity contribution in [3.8, 4) is 0 Å². The molecule has 0 bridgehead atoms. The molecule has 0 aromatic rings. The molecule has 0 aliphatic heterocycles. The second kappa shape index (κ2) is 6.35. The minimum atomic E-state index is -0.158. The summed E-state index contributed by atoms with van der Waals surface area (Å²) in [6.07, 6.45) is 2.53. The van der Waals surface area contributed by atoms with Gasteiger partial charge in [-0.3, -0.25) is 4.79 Å². The molecule has 0 heterocycles. The molecule has 2 N–H and O–H groups in total. The van der Waals surface area contributed by atoms with E-state index in [4.69, 9.17) is 0 Å². The predicted molar refractivity (Wildman–Crippen MR) is 62.1 cm³/mol. The van der Waals surface area contributed by atoms with Crippen molar-refractivity contribution >= 4 is 11.9 Å². The van der Waals surface area contributed by atoms with Crippen molar-refractivity contribution in [1.82, 2.24) is 15.5 Å². The number of carbonyl (C=O) groups is 2. The third-order valence-electron chi connectivity index (χ3n) is 2.65. The highest BCUT2D eigenvalue weighted by molar-refractivity contribution is 5.78. The smallest absolute Gasteiger partial charge is 0.315 e. The Morgan fingerprint density at radius 1 is 1.25 bits per heavy atom. The second-order valence-electron chi connectivity index (χ2n) is 3.99. The van der Waals surface area contributed by atoms with Gasteiger partial charge in [0.2, 0.25) is 5.91 Å². The second-order valence-corrected chi connectivity index (χ2v) is 3.99. The summed E-state index contributed by atoms with van der Waals surface area (Å²) in [4.78, 5) is 24.6. The monoisotopic (exact) mass is 227 g/mol. The van der Waals surface area contributed by atoms with Crippen LogP contribution in [0.15, 0.2) is 0 Å². The highest BCUT2D eigenvalue weighted by atomic mass is 16.2. The molecule has 92 valence electrons. The van der Waals surface area contributed by atoms with Crippen LogP contribution in [0.4, 0.5) is 4.79 Å². The van der Waals surface area contributed by atoms with Gasteiger partial charge >= 0.3 is 6.03 Å². The van der Waals surface area contributed by atoms with E-state index >= 15 is 0 Å². The van der Waals surface area contributed by atoms with E-state index < -0.39 is 0 Å². The summed E-state index contributed by atoms with van der Waals surface area (Å²) in [7, 11) is 0. The summed E-state index contributed by atoms with van der Waals surface area (Å²) >= 11 is 0. The van der Waals surface area contributed by atoms with Crippen molar-refractivity contribution < 1.29 is 9.59 Å². The maximum atomic E-state index is 11.6. The number of amides is 3. The maximum Gasteiger partial charge on any atom is 0.315 e. The number of carbonyl (C=O) groups excluding carboxylic acids is 2. The molecule has 5 nitrogen and oxygen atoms in total. The first-order valence-electron chi connectivity index (χ1n) is 5.99. The number of nitrogens with one attached hydrogen (secondary N) is 2. The Morgan fingerprint density at radius 2 is 1.88 bits per heavy atom. The Morgan fingerprint density at radius 3 is 2.38 bits per heavy atom. The van der Waals surface area contributed by atoms with Crippen molar-refractivity contribution in [2.45, 2.75) is 39.2 Å². The van der Waals surface area contributed by atoms with Crippen LogP contribution in [0.5, 0.6) is 0 Å². The molecule has 0 atom stereocenters. The predicted octanol–water partition coefficient (Wildman–Crippen LogP) is 0.707. The first-order valence-corrected chi connectivity index (χ1v) is 5.99. The van der Waals surface area contributed by atoms with Gasteiger partial charge in [0, 0.05) is 32.1 Å². The summed E-state index contributed by atoms with van der Waals surface area (Å²) in [5.41, 5.74) is 0. The van der Waals surface area contributed by atoms with Crippen molar-refractivity contribution in [2.24, 2.45) is 0 Å². The van der Waals surface area contributed by atoms with Crippen molar-refractivity contribution in [2.75, 3.05) is 19.6 Å². The number of hydrogen-bond acceptors (Lipinski definition) is 2. The molecule has 16 heavy (non-hydrogen) atoms. The van der Waals surface area contributed by atoms with Crippen LogP contribution in [-0.2, 0) is 4.79 Å². The number of nitrogens with zero attached hydrogens (tertiary/aromatic N) is 1. The molecular formula is C11H21N3O2. The van der Waals surface area contributed by atoms with Gasteiger partial charge in [-0.2, -0.15) is 0 Å². The van der Waals surface area contributed by atoms with Gasteiger partial charge in [0.25, 0.3) is 0 Å². The van der Waals surface area contributed by atoms with Crippen LogP contribution in [0.2, 0.25) is 0 Å². The molecule has 3 amide bonds. The molecule has 0 radical (unpaired) electrons. The summed E-state index contributed by atoms with van der Waals surface area (Å²) in [6.45, 7) is 5.77. The van der Waals surface area contributed by atoms with Crippen LogP contribution < -0.4 is 10.6 Å². The zero-order valence-corrected chi connectivity index (χ0v) is 10.1. The first-order chi connectivity index (χ1) is 7.67. The van der Waals surface area contributed by atoms with E-state index in [0.29, 0.717) is 19.0 Å². The lowest BCUT2D eigenvalue weighted by atomic mass is 10.3. The lowest BCUT2D eigenvalue weighted by Gasteiger charge is -2.18. The molecule has 0 unspecified atom stereocenters. The number of rotatable bonds is 6. The molecule has 1 fully saturated rings. The molecule has 0 saturated heterocycles. The fourth-order valence-corrected chi connectivity index (χ4v) is 1.48. The fraction of sp³-hybridized carbons (Fsp3) is 0.818. The Hall–Kier alpha value is -1.26. The highest BCUT2D eigenvalue weighted by Gasteiger charge is 2.22. The van der Waals surface area contributed by atoms with Crippen molar-refractivity contribution in [3.63, 3.8) is 0 Å². The summed E-state index contributed by atoms with van der Waals surface area (Å²) in [5.74, 6) is 0.0942. The maximum absolute atomic E-state index is 11.6. The molecular weight excluding hydrogens is 206 g/mol. The molecule has 5 heteroatoms. The van der Waals surface area contributed by atoms with E-state index in [-0.39, 0.29) is 11.9 Å². The lowest BCUT2D eigenvalue weighted by Crippen LogP contribution is -2.39. The fourth-order valence-electron chi connectivity index (χ4n) is 1.48. The van der Waals surface area contributed by atoms with Gasteiger partial charge in [0.15, 0.2) is 0 Å². The molecule has 1 aliphatic rings. The van der Waals surface area contributed by atoms with E-state index in [1.54, 1.807) is 4.90 Å². The van der Waals surface area contributed by atoms with Crippen LogP contribution >= 0.6 is 0 Å². The number of hydrogen-bond donors (Lipinski definition) is 2. The number of urea groups is 1. The van der Waals surface area contributed by atoms with Gasteiger partial charge in [-0.25, -0.2) is 4.79 Å². The summed E-state index contributed by atoms with van der Waals surface area (Å²) in [6, 6.07) is 0.202. The SMILES string of the molecule is CCN(CC)C(=O)CCNC(=O)NC1CC1. The average molecular weight is 227 g/mol. The zero-order valence-electron chi connectivity index (χ0n) is 10.1. The van der Waals surface area contributed by atoms with Gasteiger partial charge in [-0.1, -0.05) is 0 Å². The summed E-state index contributed by atoms with van der Waals surface area (Å²) < 4.78 is 0. The topological polar surface area (TPSA) is 61.4 Å². The van der Waals surface area contributed by atoms with Crippen LogP contribution in [-0.4, -0.2) is 42.5 Å². The van der Waals surface area contributed by atoms with E-state index in [9.17, 15) is 9.59 Å². The van der Waals surface area contributed by atoms with Crippen LogP contribution in [0.3, 0.4) is 0 Å². The Kier molecular flexibility index (Phi) is 5.08. The average Bonchev–Trinajstić information content (AvgIpc) is 3.03. The molecule has 1 rings (SSSR count). The minimum absolute atomic E-state index is 0.0942. The highest BCUT2D eigenvalue weighted by Crippen LogP contribution is 2.18. The van der Waals surface area contributed by atoms with Gasteiger partial charge in [0.05, 0.1) is 0 Å². The van der Waals surface area contributed by atoms with E-state index in [1.165, 1.54) is 0 Å². The first kappa shape index (κ1) is 12.8. The van der Waals surface area contributed by atoms with Gasteiger partial charge < -0.3 is 15.5 Å². The zero-order chi connectivity index (χ0) is 12.0. The standard InChI is InChI=1S/C11H21N3O2/c1-3-14(4-2)10(15)7-8-12-11(16)13-9-5-6-9/h9H,3-8H2,1-2H3,(H2,12,13,16). The third kappa shape index (κ3) is 4.51. The Bertz CT molecular complexity index is 248. The van der Waals surface area contributed by atoms with Crippen molar-refractivity contribution in [3.05, 3.63) is 0 Å². The van der Waals surface area contributed by atoms with Gasteiger partial charge in [0.1, 0.15) is 0 Å². The lowest BCUT2D eigenvalue weighted by molar-refractivity contribution is -0.130. The van der Waals surface area contributed by atoms with Gasteiger partial charge in [-0.05, 0) is 26.7 Å². The third-order valence-corrected chi connectivity index (χ3v) is 2.65. The quantitative estimate of drug-likeness (QED) is 0.702. The molecule has 1 saturated carbocycles. The van der Waals surface area contributed by atoms with Crippen molar-refractivity contribution in [1.29, 1.82) is 0 Å². The van der Waals surface area contributed by atoms with Crippen LogP contribution in [0.1, 0.15) is 33.1 Å². The van der Waals surface area contributed by atoms with Gasteiger partial charge in [-0.15, -0.1) is 0 Å². The molecule has 0 aromatic carbocycles. The van der Waals surface area contributed by atoms with Crippen LogP contribution in [0, 0.1) is 0 Å². The largest absolute Gasteiger partial charge is 0.343 e. The Balaban J connectivity index is 2.08. The van der Waals surface area contributed by atoms with Crippen LogP contribution in [0.25, 0.3) is 0 Å². The van der Waals surface area contributed by atoms with E-state index in [2.05, 4.69) is 10.6 Å². The minimum Gasteiger partial charge on any atom is -0.343 e. The molecule has 0 spiro atoms. The van der Waals surface area contributed by atoms with E-state index in [0.717, 1.165) is 25.9 Å². The summed E-state index contributed by atoms with van der Waals surface area (Å²) in [5, 5.41) is 5.50. The Labute approximate surface area is 96.6 Å². The molecule has 1 aliphatic carbocycles.